The lowest BCUT2D eigenvalue weighted by molar-refractivity contribution is 0.119. The van der Waals surface area contributed by atoms with E-state index in [0.29, 0.717) is 24.1 Å². The molecule has 2 N–H and O–H groups in total. The van der Waals surface area contributed by atoms with Crippen LogP contribution in [0.25, 0.3) is 0 Å². The number of benzene rings is 1. The molecule has 1 aliphatic heterocycles. The van der Waals surface area contributed by atoms with Crippen LogP contribution < -0.4 is 15.4 Å². The zero-order valence-electron chi connectivity index (χ0n) is 16.7. The summed E-state index contributed by atoms with van der Waals surface area (Å²) in [5, 5.41) is 7.08. The minimum atomic E-state index is 0.398. The first-order valence-corrected chi connectivity index (χ1v) is 10.0. The highest BCUT2D eigenvalue weighted by atomic mass is 16.5. The Balaban J connectivity index is 1.55. The molecular formula is C21H34N4O. The molecule has 1 saturated heterocycles. The van der Waals surface area contributed by atoms with E-state index in [9.17, 15) is 0 Å². The van der Waals surface area contributed by atoms with Gasteiger partial charge in [0.05, 0.1) is 6.10 Å². The van der Waals surface area contributed by atoms with Crippen LogP contribution in [-0.4, -0.2) is 49.2 Å². The first-order chi connectivity index (χ1) is 12.6. The molecule has 5 nitrogen and oxygen atoms in total. The third-order valence-electron chi connectivity index (χ3n) is 5.68. The zero-order chi connectivity index (χ0) is 18.5. The van der Waals surface area contributed by atoms with E-state index >= 15 is 0 Å². The molecule has 5 heteroatoms. The molecule has 0 radical (unpaired) electrons. The van der Waals surface area contributed by atoms with Crippen LogP contribution in [0.15, 0.2) is 29.3 Å². The molecule has 2 unspecified atom stereocenters. The summed E-state index contributed by atoms with van der Waals surface area (Å²) in [6, 6.07) is 9.35. The first-order valence-electron chi connectivity index (χ1n) is 10.0. The molecule has 3 rings (SSSR count). The Morgan fingerprint density at radius 1 is 1.27 bits per heavy atom. The summed E-state index contributed by atoms with van der Waals surface area (Å²) < 4.78 is 6.13. The second-order valence-corrected chi connectivity index (χ2v) is 7.98. The maximum absolute atomic E-state index is 6.13. The van der Waals surface area contributed by atoms with E-state index in [0.717, 1.165) is 31.3 Å². The second kappa shape index (κ2) is 8.76. The number of hydrogen-bond acceptors (Lipinski definition) is 3. The Kier molecular flexibility index (Phi) is 6.41. The average Bonchev–Trinajstić information content (AvgIpc) is 2.96. The molecule has 1 aromatic rings. The number of nitrogens with zero attached hydrogens (tertiary/aromatic N) is 2. The van der Waals surface area contributed by atoms with Gasteiger partial charge in [0.25, 0.3) is 0 Å². The van der Waals surface area contributed by atoms with Crippen molar-refractivity contribution in [2.75, 3.05) is 20.1 Å². The van der Waals surface area contributed by atoms with Crippen LogP contribution in [0.3, 0.4) is 0 Å². The van der Waals surface area contributed by atoms with Crippen LogP contribution in [0.2, 0.25) is 0 Å². The summed E-state index contributed by atoms with van der Waals surface area (Å²) in [5.41, 5.74) is 1.19. The average molecular weight is 359 g/mol. The largest absolute Gasteiger partial charge is 0.490 e. The molecule has 2 atom stereocenters. The van der Waals surface area contributed by atoms with Gasteiger partial charge in [-0.05, 0) is 45.1 Å². The fourth-order valence-corrected chi connectivity index (χ4v) is 3.60. The molecule has 2 fully saturated rings. The van der Waals surface area contributed by atoms with Gasteiger partial charge in [0.1, 0.15) is 5.75 Å². The zero-order valence-corrected chi connectivity index (χ0v) is 16.7. The lowest BCUT2D eigenvalue weighted by atomic mass is 9.96. The Labute approximate surface area is 158 Å². The number of nitrogens with one attached hydrogen (secondary N) is 2. The Morgan fingerprint density at radius 3 is 2.65 bits per heavy atom. The van der Waals surface area contributed by atoms with Gasteiger partial charge in [0, 0.05) is 44.3 Å². The monoisotopic (exact) mass is 358 g/mol. The van der Waals surface area contributed by atoms with Crippen molar-refractivity contribution < 1.29 is 4.74 Å². The van der Waals surface area contributed by atoms with Crippen molar-refractivity contribution in [1.82, 2.24) is 15.5 Å². The number of hydrogen-bond donors (Lipinski definition) is 2. The van der Waals surface area contributed by atoms with Gasteiger partial charge in [-0.3, -0.25) is 9.89 Å². The van der Waals surface area contributed by atoms with Gasteiger partial charge in [-0.2, -0.15) is 0 Å². The maximum atomic E-state index is 6.13. The highest BCUT2D eigenvalue weighted by molar-refractivity contribution is 5.80. The Bertz CT molecular complexity index is 612. The van der Waals surface area contributed by atoms with Crippen molar-refractivity contribution in [3.63, 3.8) is 0 Å². The van der Waals surface area contributed by atoms with E-state index in [-0.39, 0.29) is 0 Å². The summed E-state index contributed by atoms with van der Waals surface area (Å²) in [5.74, 6) is 2.48. The molecule has 1 aliphatic carbocycles. The van der Waals surface area contributed by atoms with Crippen LogP contribution in [0.1, 0.15) is 45.6 Å². The van der Waals surface area contributed by atoms with Crippen LogP contribution in [0.5, 0.6) is 5.75 Å². The summed E-state index contributed by atoms with van der Waals surface area (Å²) in [4.78, 5) is 6.95. The number of likely N-dealkylation sites (tertiary alicyclic amines) is 1. The molecule has 0 spiro atoms. The standard InChI is InChI=1S/C21H34N4O/c1-15(2)25-13-16(3)19(14-25)24-21(22-4)23-12-17-8-5-6-11-20(17)26-18-9-7-10-18/h5-6,8,11,15-16,18-19H,7,9-10,12-14H2,1-4H3,(H2,22,23,24). The Hall–Kier alpha value is -1.75. The van der Waals surface area contributed by atoms with Gasteiger partial charge in [-0.1, -0.05) is 25.1 Å². The summed E-state index contributed by atoms with van der Waals surface area (Å²) in [7, 11) is 1.84. The third kappa shape index (κ3) is 4.70. The first kappa shape index (κ1) is 19.0. The fourth-order valence-electron chi connectivity index (χ4n) is 3.60. The molecule has 0 amide bonds. The maximum Gasteiger partial charge on any atom is 0.191 e. The molecule has 1 saturated carbocycles. The lowest BCUT2D eigenvalue weighted by Gasteiger charge is -2.27. The fraction of sp³-hybridized carbons (Fsp3) is 0.667. The van der Waals surface area contributed by atoms with Gasteiger partial charge in [0.15, 0.2) is 5.96 Å². The Morgan fingerprint density at radius 2 is 2.04 bits per heavy atom. The van der Waals surface area contributed by atoms with E-state index in [1.54, 1.807) is 0 Å². The molecule has 144 valence electrons. The van der Waals surface area contributed by atoms with E-state index in [2.05, 4.69) is 59.5 Å². The smallest absolute Gasteiger partial charge is 0.191 e. The van der Waals surface area contributed by atoms with Gasteiger partial charge >= 0.3 is 0 Å². The van der Waals surface area contributed by atoms with Crippen molar-refractivity contribution in [3.05, 3.63) is 29.8 Å². The van der Waals surface area contributed by atoms with E-state index in [1.807, 2.05) is 13.1 Å². The van der Waals surface area contributed by atoms with E-state index < -0.39 is 0 Å². The second-order valence-electron chi connectivity index (χ2n) is 7.98. The molecule has 0 bridgehead atoms. The number of guanidine groups is 1. The summed E-state index contributed by atoms with van der Waals surface area (Å²) in [6.07, 6.45) is 4.04. The van der Waals surface area contributed by atoms with Gasteiger partial charge in [-0.15, -0.1) is 0 Å². The van der Waals surface area contributed by atoms with Crippen LogP contribution in [0, 0.1) is 5.92 Å². The highest BCUT2D eigenvalue weighted by Crippen LogP contribution is 2.27. The molecule has 0 aromatic heterocycles. The lowest BCUT2D eigenvalue weighted by Crippen LogP contribution is -2.46. The number of aliphatic imine (C=N–C) groups is 1. The van der Waals surface area contributed by atoms with E-state index in [1.165, 1.54) is 24.8 Å². The quantitative estimate of drug-likeness (QED) is 0.606. The summed E-state index contributed by atoms with van der Waals surface area (Å²) in [6.45, 7) is 9.78. The van der Waals surface area contributed by atoms with Crippen LogP contribution in [0.4, 0.5) is 0 Å². The van der Waals surface area contributed by atoms with Gasteiger partial charge in [0.2, 0.25) is 0 Å². The predicted molar refractivity (Wildman–Crippen MR) is 108 cm³/mol. The molecule has 26 heavy (non-hydrogen) atoms. The minimum absolute atomic E-state index is 0.398. The number of ether oxygens (including phenoxy) is 1. The molecule has 2 aliphatic rings. The van der Waals surface area contributed by atoms with Crippen molar-refractivity contribution in [1.29, 1.82) is 0 Å². The molecule has 1 aromatic carbocycles. The third-order valence-corrected chi connectivity index (χ3v) is 5.68. The van der Waals surface area contributed by atoms with Gasteiger partial charge in [-0.25, -0.2) is 0 Å². The highest BCUT2D eigenvalue weighted by Gasteiger charge is 2.31. The molecule has 1 heterocycles. The van der Waals surface area contributed by atoms with Crippen LogP contribution in [-0.2, 0) is 6.54 Å². The van der Waals surface area contributed by atoms with Crippen molar-refractivity contribution in [2.24, 2.45) is 10.9 Å². The van der Waals surface area contributed by atoms with Crippen molar-refractivity contribution in [3.8, 4) is 5.75 Å². The summed E-state index contributed by atoms with van der Waals surface area (Å²) >= 11 is 0. The topological polar surface area (TPSA) is 48.9 Å². The predicted octanol–water partition coefficient (Wildman–Crippen LogP) is 3.01. The van der Waals surface area contributed by atoms with Crippen molar-refractivity contribution >= 4 is 5.96 Å². The minimum Gasteiger partial charge on any atom is -0.490 e. The number of para-hydroxylation sites is 1. The van der Waals surface area contributed by atoms with E-state index in [4.69, 9.17) is 4.74 Å². The molecular weight excluding hydrogens is 324 g/mol. The SMILES string of the molecule is CN=C(NCc1ccccc1OC1CCC1)NC1CN(C(C)C)CC1C. The normalized spacial score (nSPS) is 24.6. The number of rotatable bonds is 6. The van der Waals surface area contributed by atoms with Crippen LogP contribution >= 0.6 is 0 Å². The van der Waals surface area contributed by atoms with Crippen molar-refractivity contribution in [2.45, 2.75) is 64.8 Å². The van der Waals surface area contributed by atoms with Gasteiger partial charge < -0.3 is 15.4 Å².